The lowest BCUT2D eigenvalue weighted by Crippen LogP contribution is -2.52. The van der Waals surface area contributed by atoms with Gasteiger partial charge in [-0.1, -0.05) is 43.5 Å². The molecule has 5 rings (SSSR count). The molecule has 35 heavy (non-hydrogen) atoms. The van der Waals surface area contributed by atoms with E-state index in [1.54, 1.807) is 14.2 Å². The summed E-state index contributed by atoms with van der Waals surface area (Å²) in [6.45, 7) is 4.81. The van der Waals surface area contributed by atoms with Gasteiger partial charge in [-0.15, -0.1) is 5.10 Å². The van der Waals surface area contributed by atoms with E-state index in [2.05, 4.69) is 49.6 Å². The molecule has 2 aromatic carbocycles. The van der Waals surface area contributed by atoms with Crippen molar-refractivity contribution in [3.63, 3.8) is 0 Å². The molecule has 8 nitrogen and oxygen atoms in total. The summed E-state index contributed by atoms with van der Waals surface area (Å²) in [5.74, 6) is 2.57. The summed E-state index contributed by atoms with van der Waals surface area (Å²) < 4.78 is 12.7. The Morgan fingerprint density at radius 3 is 2.09 bits per heavy atom. The monoisotopic (exact) mass is 476 g/mol. The summed E-state index contributed by atoms with van der Waals surface area (Å²) >= 11 is 0. The molecule has 2 fully saturated rings. The first-order valence-electron chi connectivity index (χ1n) is 12.8. The van der Waals surface area contributed by atoms with Gasteiger partial charge in [0.05, 0.1) is 26.8 Å². The molecule has 1 aliphatic carbocycles. The number of hydrogen-bond acceptors (Lipinski definition) is 7. The van der Waals surface area contributed by atoms with Crippen LogP contribution in [0.2, 0.25) is 0 Å². The normalized spacial score (nSPS) is 18.9. The van der Waals surface area contributed by atoms with Crippen molar-refractivity contribution in [1.29, 1.82) is 0 Å². The van der Waals surface area contributed by atoms with Crippen molar-refractivity contribution in [1.82, 2.24) is 30.0 Å². The molecule has 1 aromatic heterocycles. The molecule has 2 aliphatic rings. The first-order chi connectivity index (χ1) is 17.2. The molecule has 0 spiro atoms. The average molecular weight is 477 g/mol. The van der Waals surface area contributed by atoms with Crippen LogP contribution >= 0.6 is 0 Å². The Labute approximate surface area is 207 Å². The van der Waals surface area contributed by atoms with Crippen molar-refractivity contribution in [2.75, 3.05) is 40.4 Å². The molecule has 0 radical (unpaired) electrons. The topological polar surface area (TPSA) is 68.5 Å². The molecule has 186 valence electrons. The van der Waals surface area contributed by atoms with Crippen LogP contribution in [0.5, 0.6) is 11.5 Å². The number of benzene rings is 2. The second-order valence-electron chi connectivity index (χ2n) is 9.58. The average Bonchev–Trinajstić information content (AvgIpc) is 3.38. The minimum absolute atomic E-state index is 0.0114. The van der Waals surface area contributed by atoms with Crippen molar-refractivity contribution >= 4 is 0 Å². The van der Waals surface area contributed by atoms with Crippen LogP contribution in [0.1, 0.15) is 55.1 Å². The summed E-state index contributed by atoms with van der Waals surface area (Å²) in [5.41, 5.74) is 2.32. The maximum Gasteiger partial charge on any atom is 0.173 e. The van der Waals surface area contributed by atoms with Crippen LogP contribution in [0, 0.1) is 0 Å². The Morgan fingerprint density at radius 1 is 0.829 bits per heavy atom. The smallest absolute Gasteiger partial charge is 0.173 e. The van der Waals surface area contributed by atoms with E-state index in [0.29, 0.717) is 6.54 Å². The zero-order valence-electron chi connectivity index (χ0n) is 20.8. The van der Waals surface area contributed by atoms with E-state index in [-0.39, 0.29) is 6.04 Å². The van der Waals surface area contributed by atoms with Gasteiger partial charge in [0.25, 0.3) is 0 Å². The van der Waals surface area contributed by atoms with Crippen LogP contribution in [-0.2, 0) is 6.54 Å². The van der Waals surface area contributed by atoms with Gasteiger partial charge in [0, 0.05) is 32.2 Å². The van der Waals surface area contributed by atoms with E-state index in [9.17, 15) is 0 Å². The summed E-state index contributed by atoms with van der Waals surface area (Å²) in [5, 5.41) is 13.0. The highest BCUT2D eigenvalue weighted by Gasteiger charge is 2.32. The summed E-state index contributed by atoms with van der Waals surface area (Å²) in [7, 11) is 3.38. The second-order valence-corrected chi connectivity index (χ2v) is 9.58. The van der Waals surface area contributed by atoms with Crippen LogP contribution in [0.25, 0.3) is 0 Å². The van der Waals surface area contributed by atoms with E-state index in [1.165, 1.54) is 37.7 Å². The van der Waals surface area contributed by atoms with E-state index in [4.69, 9.17) is 9.47 Å². The number of nitrogens with zero attached hydrogens (tertiary/aromatic N) is 6. The maximum atomic E-state index is 5.41. The molecule has 1 aliphatic heterocycles. The zero-order valence-corrected chi connectivity index (χ0v) is 20.8. The number of methoxy groups -OCH3 is 2. The number of ether oxygens (including phenoxy) is 2. The van der Waals surface area contributed by atoms with Crippen LogP contribution in [0.3, 0.4) is 0 Å². The van der Waals surface area contributed by atoms with Gasteiger partial charge in [0.15, 0.2) is 5.82 Å². The van der Waals surface area contributed by atoms with Crippen LogP contribution in [-0.4, -0.2) is 76.4 Å². The highest BCUT2D eigenvalue weighted by Crippen LogP contribution is 2.31. The van der Waals surface area contributed by atoms with Crippen molar-refractivity contribution in [3.05, 3.63) is 65.5 Å². The lowest BCUT2D eigenvalue weighted by molar-refractivity contribution is 0.0620. The van der Waals surface area contributed by atoms with Gasteiger partial charge in [-0.25, -0.2) is 4.68 Å². The fourth-order valence-electron chi connectivity index (χ4n) is 5.54. The number of piperazine rings is 1. The van der Waals surface area contributed by atoms with Crippen molar-refractivity contribution in [3.8, 4) is 11.5 Å². The molecule has 8 heteroatoms. The van der Waals surface area contributed by atoms with Gasteiger partial charge in [-0.3, -0.25) is 9.80 Å². The third-order valence-electron chi connectivity index (χ3n) is 7.53. The maximum absolute atomic E-state index is 5.41. The second kappa shape index (κ2) is 11.2. The first kappa shape index (κ1) is 23.8. The molecule has 0 amide bonds. The number of rotatable bonds is 8. The molecule has 0 bridgehead atoms. The SMILES string of the molecule is COc1ccc(Cn2nnnc2[C@H](c2ccc(OC)cc2)N2CCN(C3CCCCC3)CC2)cc1. The lowest BCUT2D eigenvalue weighted by atomic mass is 9.93. The Balaban J connectivity index is 1.39. The third-order valence-corrected chi connectivity index (χ3v) is 7.53. The van der Waals surface area contributed by atoms with Crippen molar-refractivity contribution in [2.45, 2.75) is 50.7 Å². The Hall–Kier alpha value is -2.97. The number of aromatic nitrogens is 4. The highest BCUT2D eigenvalue weighted by molar-refractivity contribution is 5.32. The fourth-order valence-corrected chi connectivity index (χ4v) is 5.54. The first-order valence-corrected chi connectivity index (χ1v) is 12.8. The van der Waals surface area contributed by atoms with Crippen molar-refractivity contribution < 1.29 is 9.47 Å². The molecule has 1 saturated carbocycles. The highest BCUT2D eigenvalue weighted by atomic mass is 16.5. The lowest BCUT2D eigenvalue weighted by Gasteiger charge is -2.43. The summed E-state index contributed by atoms with van der Waals surface area (Å²) in [6.07, 6.45) is 6.84. The van der Waals surface area contributed by atoms with Gasteiger partial charge in [-0.05, 0) is 58.7 Å². The largest absolute Gasteiger partial charge is 0.497 e. The molecule has 0 N–H and O–H groups in total. The van der Waals surface area contributed by atoms with Crippen LogP contribution in [0.15, 0.2) is 48.5 Å². The zero-order chi connectivity index (χ0) is 24.0. The quantitative estimate of drug-likeness (QED) is 0.490. The van der Waals surface area contributed by atoms with Gasteiger partial charge >= 0.3 is 0 Å². The third kappa shape index (κ3) is 5.49. The van der Waals surface area contributed by atoms with Crippen molar-refractivity contribution in [2.24, 2.45) is 0 Å². The van der Waals surface area contributed by atoms with Gasteiger partial charge in [0.1, 0.15) is 11.5 Å². The Bertz CT molecular complexity index is 1050. The van der Waals surface area contributed by atoms with Gasteiger partial charge in [0.2, 0.25) is 0 Å². The molecule has 3 aromatic rings. The van der Waals surface area contributed by atoms with Crippen LogP contribution in [0.4, 0.5) is 0 Å². The standard InChI is InChI=1S/C27H36N6O2/c1-34-24-12-8-21(9-13-24)20-33-27(28-29-30-33)26(22-10-14-25(35-2)15-11-22)32-18-16-31(17-19-32)23-6-4-3-5-7-23/h8-15,23,26H,3-7,16-20H2,1-2H3/t26-/m0/s1. The predicted molar refractivity (Wildman–Crippen MR) is 135 cm³/mol. The number of hydrogen-bond donors (Lipinski definition) is 0. The summed E-state index contributed by atoms with van der Waals surface area (Å²) in [6, 6.07) is 17.2. The molecule has 1 atom stereocenters. The molecule has 1 saturated heterocycles. The molecular formula is C27H36N6O2. The Kier molecular flexibility index (Phi) is 7.59. The van der Waals surface area contributed by atoms with E-state index < -0.39 is 0 Å². The minimum Gasteiger partial charge on any atom is -0.497 e. The van der Waals surface area contributed by atoms with Gasteiger partial charge < -0.3 is 9.47 Å². The Morgan fingerprint density at radius 2 is 1.46 bits per heavy atom. The summed E-state index contributed by atoms with van der Waals surface area (Å²) in [4.78, 5) is 5.25. The predicted octanol–water partition coefficient (Wildman–Crippen LogP) is 3.78. The number of tetrazole rings is 1. The van der Waals surface area contributed by atoms with E-state index >= 15 is 0 Å². The fraction of sp³-hybridized carbons (Fsp3) is 0.519. The molecule has 0 unspecified atom stereocenters. The van der Waals surface area contributed by atoms with E-state index in [1.807, 2.05) is 28.9 Å². The molecule has 2 heterocycles. The van der Waals surface area contributed by atoms with Gasteiger partial charge in [-0.2, -0.15) is 0 Å². The van der Waals surface area contributed by atoms with Crippen LogP contribution < -0.4 is 9.47 Å². The molecular weight excluding hydrogens is 440 g/mol. The minimum atomic E-state index is -0.0114. The van der Waals surface area contributed by atoms with E-state index in [0.717, 1.165) is 55.1 Å².